The number of rotatable bonds is 1. The van der Waals surface area contributed by atoms with E-state index >= 15 is 0 Å². The minimum Gasteiger partial charge on any atom is -0.733 e. The fourth-order valence-corrected chi connectivity index (χ4v) is 0.974. The Labute approximate surface area is 74.9 Å². The average Bonchev–Trinajstić information content (AvgIpc) is 1.96. The molecule has 0 saturated heterocycles. The lowest BCUT2D eigenvalue weighted by molar-refractivity contribution is 0.291. The Hall–Kier alpha value is -0.720. The van der Waals surface area contributed by atoms with E-state index < -0.39 is 22.5 Å². The zero-order chi connectivity index (χ0) is 9.30. The Kier molecular flexibility index (Phi) is 2.61. The van der Waals surface area contributed by atoms with E-state index in [1.165, 1.54) is 0 Å². The third-order valence-electron chi connectivity index (χ3n) is 1.20. The number of hydrogen-bond donors (Lipinski definition) is 1. The van der Waals surface area contributed by atoms with Crippen molar-refractivity contribution in [2.24, 2.45) is 0 Å². The van der Waals surface area contributed by atoms with Crippen LogP contribution in [0.5, 0.6) is 0 Å². The molecule has 0 radical (unpaired) electrons. The van der Waals surface area contributed by atoms with Gasteiger partial charge in [0.15, 0.2) is 0 Å². The molecule has 0 aromatic heterocycles. The van der Waals surface area contributed by atoms with Crippen molar-refractivity contribution in [3.05, 3.63) is 33.4 Å². The van der Waals surface area contributed by atoms with Gasteiger partial charge >= 0.3 is 0 Å². The number of anilines is 1. The molecule has 0 atom stereocenters. The Balaban J connectivity index is 3.23. The van der Waals surface area contributed by atoms with Crippen molar-refractivity contribution in [1.82, 2.24) is 0 Å². The SMILES string of the molecule is [O-]N(O)c1cc(F)c(Br)cc1F. The smallest absolute Gasteiger partial charge is 0.149 e. The van der Waals surface area contributed by atoms with Gasteiger partial charge in [0.2, 0.25) is 0 Å². The molecule has 0 amide bonds. The van der Waals surface area contributed by atoms with Crippen LogP contribution in [0.4, 0.5) is 14.5 Å². The van der Waals surface area contributed by atoms with Crippen LogP contribution in [0.15, 0.2) is 16.6 Å². The lowest BCUT2D eigenvalue weighted by Crippen LogP contribution is -2.09. The highest BCUT2D eigenvalue weighted by molar-refractivity contribution is 9.10. The van der Waals surface area contributed by atoms with Crippen molar-refractivity contribution in [2.75, 3.05) is 5.23 Å². The van der Waals surface area contributed by atoms with E-state index in [-0.39, 0.29) is 4.47 Å². The molecule has 0 aliphatic carbocycles. The van der Waals surface area contributed by atoms with Crippen LogP contribution in [0.1, 0.15) is 0 Å². The molecule has 1 aromatic rings. The van der Waals surface area contributed by atoms with Gasteiger partial charge in [-0.15, -0.1) is 0 Å². The van der Waals surface area contributed by atoms with Gasteiger partial charge in [-0.1, -0.05) is 0 Å². The van der Waals surface area contributed by atoms with Gasteiger partial charge in [-0.2, -0.15) is 0 Å². The Bertz CT molecular complexity index is 306. The van der Waals surface area contributed by atoms with Gasteiger partial charge in [0.1, 0.15) is 11.6 Å². The van der Waals surface area contributed by atoms with Crippen LogP contribution in [0, 0.1) is 16.8 Å². The van der Waals surface area contributed by atoms with Crippen molar-refractivity contribution < 1.29 is 14.0 Å². The summed E-state index contributed by atoms with van der Waals surface area (Å²) < 4.78 is 25.2. The molecule has 0 aliphatic heterocycles. The monoisotopic (exact) mass is 238 g/mol. The van der Waals surface area contributed by atoms with Crippen molar-refractivity contribution in [2.45, 2.75) is 0 Å². The van der Waals surface area contributed by atoms with Gasteiger partial charge in [-0.3, -0.25) is 5.21 Å². The largest absolute Gasteiger partial charge is 0.733 e. The molecule has 66 valence electrons. The van der Waals surface area contributed by atoms with Crippen LogP contribution in [-0.2, 0) is 0 Å². The predicted molar refractivity (Wildman–Crippen MR) is 41.7 cm³/mol. The lowest BCUT2D eigenvalue weighted by Gasteiger charge is -2.22. The third-order valence-corrected chi connectivity index (χ3v) is 1.80. The van der Waals surface area contributed by atoms with Gasteiger partial charge in [0, 0.05) is 6.07 Å². The fourth-order valence-electron chi connectivity index (χ4n) is 0.659. The van der Waals surface area contributed by atoms with E-state index in [1.54, 1.807) is 0 Å². The number of benzene rings is 1. The molecule has 12 heavy (non-hydrogen) atoms. The summed E-state index contributed by atoms with van der Waals surface area (Å²) in [6.45, 7) is 0. The molecule has 1 N–H and O–H groups in total. The zero-order valence-corrected chi connectivity index (χ0v) is 7.18. The van der Waals surface area contributed by atoms with Crippen LogP contribution in [0.3, 0.4) is 0 Å². The van der Waals surface area contributed by atoms with Crippen LogP contribution < -0.4 is 5.23 Å². The molecule has 0 aliphatic rings. The highest BCUT2D eigenvalue weighted by Gasteiger charge is 2.07. The van der Waals surface area contributed by atoms with E-state index in [1.807, 2.05) is 0 Å². The van der Waals surface area contributed by atoms with E-state index in [0.29, 0.717) is 6.07 Å². The van der Waals surface area contributed by atoms with E-state index in [4.69, 9.17) is 5.21 Å². The maximum Gasteiger partial charge on any atom is 0.149 e. The molecule has 0 spiro atoms. The topological polar surface area (TPSA) is 46.5 Å². The third kappa shape index (κ3) is 1.71. The molecule has 1 rings (SSSR count). The maximum absolute atomic E-state index is 12.7. The van der Waals surface area contributed by atoms with Gasteiger partial charge in [0.05, 0.1) is 10.2 Å². The first-order chi connectivity index (χ1) is 5.52. The first-order valence-corrected chi connectivity index (χ1v) is 3.62. The van der Waals surface area contributed by atoms with E-state index in [0.717, 1.165) is 6.07 Å². The summed E-state index contributed by atoms with van der Waals surface area (Å²) in [6, 6.07) is 1.35. The summed E-state index contributed by atoms with van der Waals surface area (Å²) >= 11 is 2.71. The number of nitrogens with zero attached hydrogens (tertiary/aromatic N) is 1. The molecular weight excluding hydrogens is 236 g/mol. The highest BCUT2D eigenvalue weighted by Crippen LogP contribution is 2.24. The molecule has 0 heterocycles. The molecule has 1 aromatic carbocycles. The zero-order valence-electron chi connectivity index (χ0n) is 5.59. The van der Waals surface area contributed by atoms with Crippen molar-refractivity contribution in [3.8, 4) is 0 Å². The standard InChI is InChI=1S/C6H3BrF2NO2/c7-3-1-5(9)6(10(11)12)2-4(3)8/h1-2,11H/q-1. The lowest BCUT2D eigenvalue weighted by atomic mass is 10.3. The molecular formula is C6H3BrF2NO2-. The first-order valence-electron chi connectivity index (χ1n) is 2.83. The Morgan fingerprint density at radius 2 is 1.92 bits per heavy atom. The molecule has 0 unspecified atom stereocenters. The summed E-state index contributed by atoms with van der Waals surface area (Å²) in [6.07, 6.45) is 0. The van der Waals surface area contributed by atoms with Gasteiger partial charge in [0.25, 0.3) is 0 Å². The van der Waals surface area contributed by atoms with Crippen molar-refractivity contribution >= 4 is 21.6 Å². The van der Waals surface area contributed by atoms with Crippen LogP contribution in [0.25, 0.3) is 0 Å². The normalized spacial score (nSPS) is 10.1. The number of hydrogen-bond acceptors (Lipinski definition) is 3. The maximum atomic E-state index is 12.7. The van der Waals surface area contributed by atoms with E-state index in [2.05, 4.69) is 15.9 Å². The molecule has 3 nitrogen and oxygen atoms in total. The van der Waals surface area contributed by atoms with Crippen molar-refractivity contribution in [3.63, 3.8) is 0 Å². The summed E-state index contributed by atoms with van der Waals surface area (Å²) in [4.78, 5) is 0. The van der Waals surface area contributed by atoms with E-state index in [9.17, 15) is 14.0 Å². The van der Waals surface area contributed by atoms with Gasteiger partial charge < -0.3 is 10.4 Å². The average molecular weight is 239 g/mol. The minimum absolute atomic E-state index is 0.106. The molecule has 0 bridgehead atoms. The molecule has 0 saturated carbocycles. The second kappa shape index (κ2) is 3.34. The van der Waals surface area contributed by atoms with Gasteiger partial charge in [-0.25, -0.2) is 8.78 Å². The minimum atomic E-state index is -0.999. The second-order valence-electron chi connectivity index (χ2n) is 1.99. The summed E-state index contributed by atoms with van der Waals surface area (Å²) in [5.74, 6) is -1.82. The highest BCUT2D eigenvalue weighted by atomic mass is 79.9. The predicted octanol–water partition coefficient (Wildman–Crippen LogP) is 2.42. The summed E-state index contributed by atoms with van der Waals surface area (Å²) in [5, 5.41) is 17.7. The van der Waals surface area contributed by atoms with Crippen LogP contribution in [0.2, 0.25) is 0 Å². The Morgan fingerprint density at radius 1 is 1.33 bits per heavy atom. The van der Waals surface area contributed by atoms with Gasteiger partial charge in [-0.05, 0) is 22.0 Å². The summed E-state index contributed by atoms with van der Waals surface area (Å²) in [7, 11) is 0. The second-order valence-corrected chi connectivity index (χ2v) is 2.85. The van der Waals surface area contributed by atoms with Crippen LogP contribution >= 0.6 is 15.9 Å². The quantitative estimate of drug-likeness (QED) is 0.604. The molecule has 6 heteroatoms. The molecule has 0 fully saturated rings. The Morgan fingerprint density at radius 3 is 2.42 bits per heavy atom. The number of halogens is 3. The van der Waals surface area contributed by atoms with Crippen LogP contribution in [-0.4, -0.2) is 5.21 Å². The first kappa shape index (κ1) is 9.37. The fraction of sp³-hybridized carbons (Fsp3) is 0. The van der Waals surface area contributed by atoms with Crippen molar-refractivity contribution in [1.29, 1.82) is 0 Å². The summed E-state index contributed by atoms with van der Waals surface area (Å²) in [5.41, 5.74) is -0.754.